The van der Waals surface area contributed by atoms with E-state index in [9.17, 15) is 0 Å². The molecule has 94 heavy (non-hydrogen) atoms. The fourth-order valence-electron chi connectivity index (χ4n) is 15.0. The van der Waals surface area contributed by atoms with E-state index < -0.39 is 0 Å². The van der Waals surface area contributed by atoms with Crippen LogP contribution in [0.3, 0.4) is 0 Å². The number of para-hydroxylation sites is 2. The number of rotatable bonds is 12. The van der Waals surface area contributed by atoms with Gasteiger partial charge in [-0.15, -0.1) is 0 Å². The third-order valence-corrected chi connectivity index (χ3v) is 19.0. The second-order valence-electron chi connectivity index (χ2n) is 24.3. The number of hydrogen-bond donors (Lipinski definition) is 0. The van der Waals surface area contributed by atoms with Crippen molar-refractivity contribution < 1.29 is 0 Å². The molecule has 0 atom stereocenters. The van der Waals surface area contributed by atoms with Crippen molar-refractivity contribution in [3.63, 3.8) is 0 Å². The summed E-state index contributed by atoms with van der Waals surface area (Å²) in [5.41, 5.74) is 20.2. The summed E-state index contributed by atoms with van der Waals surface area (Å²) in [5, 5.41) is 13.9. The largest absolute Gasteiger partial charge is 0.309 e. The third-order valence-electron chi connectivity index (χ3n) is 19.0. The lowest BCUT2D eigenvalue weighted by atomic mass is 9.93. The first-order valence-corrected chi connectivity index (χ1v) is 32.3. The summed E-state index contributed by atoms with van der Waals surface area (Å²) in [5.74, 6) is 0. The molecule has 0 N–H and O–H groups in total. The Morgan fingerprint density at radius 1 is 0.191 bits per heavy atom. The molecule has 0 aliphatic carbocycles. The van der Waals surface area contributed by atoms with Gasteiger partial charge >= 0.3 is 0 Å². The van der Waals surface area contributed by atoms with Crippen molar-refractivity contribution in [2.45, 2.75) is 0 Å². The molecule has 0 saturated carbocycles. The molecule has 0 spiro atoms. The minimum atomic E-state index is 1.05. The van der Waals surface area contributed by atoms with Gasteiger partial charge in [-0.25, -0.2) is 0 Å². The highest BCUT2D eigenvalue weighted by Gasteiger charge is 2.29. The monoisotopic (exact) mass is 1200 g/mol. The van der Waals surface area contributed by atoms with Gasteiger partial charge in [0.05, 0.1) is 45.2 Å². The maximum atomic E-state index is 2.53. The first kappa shape index (κ1) is 54.4. The fourth-order valence-corrected chi connectivity index (χ4v) is 15.0. The highest BCUT2D eigenvalue weighted by molar-refractivity contribution is 6.26. The molecule has 0 fully saturated rings. The normalized spacial score (nSPS) is 11.6. The number of hydrogen-bond acceptors (Lipinski definition) is 2. The number of anilines is 6. The molecule has 4 heteroatoms. The Kier molecular flexibility index (Phi) is 13.2. The van der Waals surface area contributed by atoms with Gasteiger partial charge in [0.15, 0.2) is 0 Å². The average molecular weight is 1200 g/mol. The number of fused-ring (bicyclic) bond motifs is 9. The van der Waals surface area contributed by atoms with E-state index in [1.807, 2.05) is 0 Å². The van der Waals surface area contributed by atoms with Gasteiger partial charge in [0.1, 0.15) is 0 Å². The van der Waals surface area contributed by atoms with Crippen molar-refractivity contribution >= 4 is 110 Å². The highest BCUT2D eigenvalue weighted by Crippen LogP contribution is 2.53. The zero-order valence-corrected chi connectivity index (χ0v) is 51.4. The molecule has 0 unspecified atom stereocenters. The van der Waals surface area contributed by atoms with Crippen LogP contribution in [0.15, 0.2) is 364 Å². The first-order valence-electron chi connectivity index (χ1n) is 32.3. The van der Waals surface area contributed by atoms with Gasteiger partial charge in [-0.1, -0.05) is 291 Å². The van der Waals surface area contributed by atoms with Crippen LogP contribution in [0.4, 0.5) is 34.1 Å². The fraction of sp³-hybridized carbons (Fsp3) is 0. The van der Waals surface area contributed by atoms with Crippen LogP contribution in [-0.4, -0.2) is 9.13 Å². The molecule has 16 aromatic carbocycles. The Hall–Kier alpha value is -12.5. The second kappa shape index (κ2) is 22.8. The standard InChI is InChI=1S/C90H60N4/c1-7-31-63(32-8-1)87-77-55-53-69(57-83(77)93(67-41-15-5-16-42-67)89(87)65-35-11-3-12-36-65)91(81-51-27-39-61-29-19-21-45-71(61)81)85-59-79-74-48-24-26-50-76(74)86(60-80(79)73-47-23-25-49-75(73)85)92(82-52-28-40-62-30-20-22-46-72(62)82)70-54-56-78-84(58-70)94(68-43-17-6-18-44-68)90(66-37-13-4-14-38-66)88(78)64-33-9-2-10-34-64/h1-60H. The third kappa shape index (κ3) is 8.99. The van der Waals surface area contributed by atoms with E-state index >= 15 is 0 Å². The smallest absolute Gasteiger partial charge is 0.0619 e. The zero-order chi connectivity index (χ0) is 62.1. The Morgan fingerprint density at radius 2 is 0.500 bits per heavy atom. The van der Waals surface area contributed by atoms with Crippen LogP contribution < -0.4 is 9.80 Å². The van der Waals surface area contributed by atoms with E-state index in [-0.39, 0.29) is 0 Å². The van der Waals surface area contributed by atoms with E-state index in [4.69, 9.17) is 0 Å². The predicted octanol–water partition coefficient (Wildman–Crippen LogP) is 24.9. The molecule has 0 aliphatic rings. The Labute approximate surface area is 545 Å². The number of benzene rings is 16. The minimum Gasteiger partial charge on any atom is -0.309 e. The summed E-state index contributed by atoms with van der Waals surface area (Å²) in [6.45, 7) is 0. The summed E-state index contributed by atoms with van der Waals surface area (Å²) in [6.07, 6.45) is 0. The SMILES string of the molecule is c1ccc(-c2c(-c3ccccc3)n(-c3ccccc3)c3cc(N(c4cccc5ccccc45)c4cc5c6ccccc6c(N(c6ccc7c(-c8ccccc8)c(-c8ccccc8)n(-c8ccccc8)c7c6)c6cccc7ccccc67)cc5c5ccccc45)ccc23)cc1. The molecular weight excluding hydrogens is 1140 g/mol. The van der Waals surface area contributed by atoms with Crippen LogP contribution in [0, 0.1) is 0 Å². The van der Waals surface area contributed by atoms with Crippen molar-refractivity contribution in [2.24, 2.45) is 0 Å². The molecule has 18 rings (SSSR count). The predicted molar refractivity (Wildman–Crippen MR) is 399 cm³/mol. The molecule has 0 amide bonds. The summed E-state index contributed by atoms with van der Waals surface area (Å²) < 4.78 is 4.96. The average Bonchev–Trinajstić information content (AvgIpc) is 0.867. The molecule has 0 radical (unpaired) electrons. The molecule has 18 aromatic rings. The van der Waals surface area contributed by atoms with E-state index in [1.54, 1.807) is 0 Å². The second-order valence-corrected chi connectivity index (χ2v) is 24.3. The van der Waals surface area contributed by atoms with Gasteiger partial charge in [0, 0.05) is 66.2 Å². The molecule has 0 aliphatic heterocycles. The van der Waals surface area contributed by atoms with Crippen molar-refractivity contribution in [1.82, 2.24) is 9.13 Å². The van der Waals surface area contributed by atoms with Gasteiger partial charge in [0.25, 0.3) is 0 Å². The Balaban J connectivity index is 0.919. The lowest BCUT2D eigenvalue weighted by molar-refractivity contribution is 1.13. The van der Waals surface area contributed by atoms with Crippen LogP contribution in [0.1, 0.15) is 0 Å². The zero-order valence-electron chi connectivity index (χ0n) is 51.4. The minimum absolute atomic E-state index is 1.05. The van der Waals surface area contributed by atoms with Gasteiger partial charge in [-0.05, 0) is 127 Å². The Morgan fingerprint density at radius 3 is 0.883 bits per heavy atom. The summed E-state index contributed by atoms with van der Waals surface area (Å²) in [6, 6.07) is 134. The van der Waals surface area contributed by atoms with Gasteiger partial charge < -0.3 is 18.9 Å². The van der Waals surface area contributed by atoms with Crippen LogP contribution in [0.2, 0.25) is 0 Å². The van der Waals surface area contributed by atoms with E-state index in [2.05, 4.69) is 383 Å². The van der Waals surface area contributed by atoms with E-state index in [0.717, 1.165) is 122 Å². The summed E-state index contributed by atoms with van der Waals surface area (Å²) in [7, 11) is 0. The highest BCUT2D eigenvalue weighted by atomic mass is 15.2. The molecule has 0 saturated heterocycles. The van der Waals surface area contributed by atoms with Crippen LogP contribution in [-0.2, 0) is 0 Å². The van der Waals surface area contributed by atoms with Gasteiger partial charge in [-0.3, -0.25) is 0 Å². The maximum absolute atomic E-state index is 2.53. The molecule has 4 nitrogen and oxygen atoms in total. The number of nitrogens with zero attached hydrogens (tertiary/aromatic N) is 4. The molecule has 2 heterocycles. The van der Waals surface area contributed by atoms with Crippen LogP contribution in [0.25, 0.3) is 132 Å². The lowest BCUT2D eigenvalue weighted by Crippen LogP contribution is -2.12. The van der Waals surface area contributed by atoms with Crippen molar-refractivity contribution in [3.8, 4) is 56.1 Å². The van der Waals surface area contributed by atoms with E-state index in [1.165, 1.54) is 43.8 Å². The molecule has 2 aromatic heterocycles. The van der Waals surface area contributed by atoms with E-state index in [0.29, 0.717) is 0 Å². The van der Waals surface area contributed by atoms with Gasteiger partial charge in [0.2, 0.25) is 0 Å². The van der Waals surface area contributed by atoms with Crippen molar-refractivity contribution in [2.75, 3.05) is 9.80 Å². The van der Waals surface area contributed by atoms with Crippen LogP contribution >= 0.6 is 0 Å². The van der Waals surface area contributed by atoms with Gasteiger partial charge in [-0.2, -0.15) is 0 Å². The molecule has 0 bridgehead atoms. The van der Waals surface area contributed by atoms with Crippen LogP contribution in [0.5, 0.6) is 0 Å². The topological polar surface area (TPSA) is 16.3 Å². The van der Waals surface area contributed by atoms with Crippen molar-refractivity contribution in [3.05, 3.63) is 364 Å². The quantitative estimate of drug-likeness (QED) is 0.113. The van der Waals surface area contributed by atoms with Crippen molar-refractivity contribution in [1.29, 1.82) is 0 Å². The first-order chi connectivity index (χ1) is 46.7. The lowest BCUT2D eigenvalue weighted by Gasteiger charge is -2.31. The maximum Gasteiger partial charge on any atom is 0.0619 e. The summed E-state index contributed by atoms with van der Waals surface area (Å²) >= 11 is 0. The Bertz CT molecular complexity index is 5520. The number of aromatic nitrogens is 2. The molecule has 440 valence electrons. The summed E-state index contributed by atoms with van der Waals surface area (Å²) in [4.78, 5) is 5.07. The molecular formula is C90H60N4.